The van der Waals surface area contributed by atoms with E-state index in [1.54, 1.807) is 12.1 Å². The number of oxazole rings is 1. The topological polar surface area (TPSA) is 46.3 Å². The van der Waals surface area contributed by atoms with Gasteiger partial charge in [0, 0.05) is 5.56 Å². The zero-order chi connectivity index (χ0) is 18.3. The molecule has 4 aromatic rings. The molecule has 3 aromatic carbocycles. The summed E-state index contributed by atoms with van der Waals surface area (Å²) in [6.07, 6.45) is 0. The number of phenols is 1. The fourth-order valence-electron chi connectivity index (χ4n) is 3.07. The molecule has 0 saturated heterocycles. The molecular formula is C23H21NO2. The van der Waals surface area contributed by atoms with Crippen LogP contribution in [-0.2, 0) is 5.41 Å². The zero-order valence-corrected chi connectivity index (χ0v) is 15.2. The molecular weight excluding hydrogens is 322 g/mol. The van der Waals surface area contributed by atoms with Gasteiger partial charge in [-0.3, -0.25) is 0 Å². The van der Waals surface area contributed by atoms with Crippen LogP contribution in [-0.4, -0.2) is 10.1 Å². The van der Waals surface area contributed by atoms with Crippen LogP contribution in [0.2, 0.25) is 0 Å². The van der Waals surface area contributed by atoms with Gasteiger partial charge in [-0.25, -0.2) is 4.98 Å². The van der Waals surface area contributed by atoms with Crippen LogP contribution in [0.15, 0.2) is 71.1 Å². The van der Waals surface area contributed by atoms with E-state index >= 15 is 0 Å². The second-order valence-corrected chi connectivity index (χ2v) is 7.52. The summed E-state index contributed by atoms with van der Waals surface area (Å²) in [5, 5.41) is 10.2. The smallest absolute Gasteiger partial charge is 0.231 e. The standard InChI is InChI=1S/C23H21NO2/c1-23(2,3)16-13-18(15-9-5-4-6-10-15)21-20(14-16)26-22(24-21)17-11-7-8-12-19(17)25/h4-14,25H,1-3H3. The molecule has 130 valence electrons. The number of phenolic OH excluding ortho intramolecular Hbond substituents is 1. The van der Waals surface area contributed by atoms with Crippen LogP contribution in [0.3, 0.4) is 0 Å². The van der Waals surface area contributed by atoms with E-state index < -0.39 is 0 Å². The van der Waals surface area contributed by atoms with Gasteiger partial charge in [-0.05, 0) is 40.8 Å². The predicted molar refractivity (Wildman–Crippen MR) is 105 cm³/mol. The average Bonchev–Trinajstić information content (AvgIpc) is 3.05. The third-order valence-electron chi connectivity index (χ3n) is 4.58. The third-order valence-corrected chi connectivity index (χ3v) is 4.58. The van der Waals surface area contributed by atoms with E-state index in [4.69, 9.17) is 9.40 Å². The van der Waals surface area contributed by atoms with Crippen LogP contribution in [0.5, 0.6) is 5.75 Å². The Kier molecular flexibility index (Phi) is 3.80. The molecule has 0 bridgehead atoms. The lowest BCUT2D eigenvalue weighted by Gasteiger charge is -2.20. The maximum Gasteiger partial charge on any atom is 0.231 e. The van der Waals surface area contributed by atoms with E-state index in [-0.39, 0.29) is 11.2 Å². The average molecular weight is 343 g/mol. The Morgan fingerprint density at radius 2 is 1.54 bits per heavy atom. The van der Waals surface area contributed by atoms with Gasteiger partial charge >= 0.3 is 0 Å². The quantitative estimate of drug-likeness (QED) is 0.474. The minimum absolute atomic E-state index is 0.0143. The minimum Gasteiger partial charge on any atom is -0.507 e. The van der Waals surface area contributed by atoms with Crippen molar-refractivity contribution in [2.75, 3.05) is 0 Å². The highest BCUT2D eigenvalue weighted by atomic mass is 16.3. The van der Waals surface area contributed by atoms with Crippen LogP contribution in [0.1, 0.15) is 26.3 Å². The number of hydrogen-bond acceptors (Lipinski definition) is 3. The first-order valence-electron chi connectivity index (χ1n) is 8.72. The van der Waals surface area contributed by atoms with E-state index in [1.165, 1.54) is 5.56 Å². The molecule has 1 N–H and O–H groups in total. The summed E-state index contributed by atoms with van der Waals surface area (Å²) >= 11 is 0. The molecule has 0 saturated carbocycles. The largest absolute Gasteiger partial charge is 0.507 e. The number of hydrogen-bond donors (Lipinski definition) is 1. The Morgan fingerprint density at radius 3 is 2.23 bits per heavy atom. The fourth-order valence-corrected chi connectivity index (χ4v) is 3.07. The van der Waals surface area contributed by atoms with Gasteiger partial charge in [0.15, 0.2) is 5.58 Å². The monoisotopic (exact) mass is 343 g/mol. The minimum atomic E-state index is -0.0143. The summed E-state index contributed by atoms with van der Waals surface area (Å²) in [5.74, 6) is 0.595. The van der Waals surface area contributed by atoms with Gasteiger partial charge in [-0.2, -0.15) is 0 Å². The molecule has 0 amide bonds. The Balaban J connectivity index is 2.01. The number of benzene rings is 3. The van der Waals surface area contributed by atoms with Crippen molar-refractivity contribution in [1.29, 1.82) is 0 Å². The van der Waals surface area contributed by atoms with Crippen LogP contribution >= 0.6 is 0 Å². The third kappa shape index (κ3) is 2.86. The van der Waals surface area contributed by atoms with Gasteiger partial charge in [0.1, 0.15) is 11.3 Å². The van der Waals surface area contributed by atoms with Crippen molar-refractivity contribution in [1.82, 2.24) is 4.98 Å². The molecule has 3 heteroatoms. The van der Waals surface area contributed by atoms with Crippen LogP contribution in [0.4, 0.5) is 0 Å². The molecule has 0 aliphatic carbocycles. The Morgan fingerprint density at radius 1 is 0.846 bits per heavy atom. The van der Waals surface area contributed by atoms with Crippen molar-refractivity contribution in [3.63, 3.8) is 0 Å². The molecule has 4 rings (SSSR count). The van der Waals surface area contributed by atoms with E-state index in [0.29, 0.717) is 11.5 Å². The molecule has 0 radical (unpaired) electrons. The van der Waals surface area contributed by atoms with Gasteiger partial charge in [0.2, 0.25) is 5.89 Å². The fraction of sp³-hybridized carbons (Fsp3) is 0.174. The molecule has 3 nitrogen and oxygen atoms in total. The maximum absolute atomic E-state index is 10.2. The van der Waals surface area contributed by atoms with Gasteiger partial charge in [0.25, 0.3) is 0 Å². The van der Waals surface area contributed by atoms with Crippen LogP contribution in [0, 0.1) is 0 Å². The zero-order valence-electron chi connectivity index (χ0n) is 15.2. The van der Waals surface area contributed by atoms with Crippen molar-refractivity contribution in [2.24, 2.45) is 0 Å². The molecule has 1 aromatic heterocycles. The second-order valence-electron chi connectivity index (χ2n) is 7.52. The van der Waals surface area contributed by atoms with Gasteiger partial charge < -0.3 is 9.52 Å². The number of para-hydroxylation sites is 1. The van der Waals surface area contributed by atoms with E-state index in [0.717, 1.165) is 22.2 Å². The van der Waals surface area contributed by atoms with E-state index in [9.17, 15) is 5.11 Å². The van der Waals surface area contributed by atoms with Crippen molar-refractivity contribution >= 4 is 11.1 Å². The summed E-state index contributed by atoms with van der Waals surface area (Å²) in [7, 11) is 0. The molecule has 0 spiro atoms. The lowest BCUT2D eigenvalue weighted by atomic mass is 9.85. The number of fused-ring (bicyclic) bond motifs is 1. The number of aromatic hydroxyl groups is 1. The SMILES string of the molecule is CC(C)(C)c1cc(-c2ccccc2)c2nc(-c3ccccc3O)oc2c1. The lowest BCUT2D eigenvalue weighted by molar-refractivity contribution is 0.474. The number of aromatic nitrogens is 1. The Bertz CT molecular complexity index is 1070. The molecule has 0 aliphatic rings. The lowest BCUT2D eigenvalue weighted by Crippen LogP contribution is -2.11. The van der Waals surface area contributed by atoms with Gasteiger partial charge in [-0.1, -0.05) is 63.2 Å². The van der Waals surface area contributed by atoms with Crippen molar-refractivity contribution in [3.8, 4) is 28.3 Å². The van der Waals surface area contributed by atoms with Crippen LogP contribution in [0.25, 0.3) is 33.7 Å². The summed E-state index contributed by atoms with van der Waals surface area (Å²) in [6, 6.07) is 21.6. The first-order chi connectivity index (χ1) is 12.4. The molecule has 26 heavy (non-hydrogen) atoms. The summed E-state index contributed by atoms with van der Waals surface area (Å²) in [4.78, 5) is 4.72. The molecule has 0 atom stereocenters. The Hall–Kier alpha value is -3.07. The molecule has 0 fully saturated rings. The van der Waals surface area contributed by atoms with E-state index in [2.05, 4.69) is 45.0 Å². The molecule has 0 aliphatic heterocycles. The highest BCUT2D eigenvalue weighted by molar-refractivity contribution is 5.93. The van der Waals surface area contributed by atoms with Gasteiger partial charge in [0.05, 0.1) is 5.56 Å². The van der Waals surface area contributed by atoms with Crippen molar-refractivity contribution < 1.29 is 9.52 Å². The van der Waals surface area contributed by atoms with Gasteiger partial charge in [-0.15, -0.1) is 0 Å². The highest BCUT2D eigenvalue weighted by Crippen LogP contribution is 2.37. The first-order valence-corrected chi connectivity index (χ1v) is 8.72. The Labute approximate surface area is 152 Å². The first kappa shape index (κ1) is 16.4. The van der Waals surface area contributed by atoms with Crippen molar-refractivity contribution in [3.05, 3.63) is 72.3 Å². The highest BCUT2D eigenvalue weighted by Gasteiger charge is 2.21. The molecule has 1 heterocycles. The van der Waals surface area contributed by atoms with E-state index in [1.807, 2.05) is 30.3 Å². The number of rotatable bonds is 2. The van der Waals surface area contributed by atoms with Crippen LogP contribution < -0.4 is 0 Å². The van der Waals surface area contributed by atoms with Crippen molar-refractivity contribution in [2.45, 2.75) is 26.2 Å². The maximum atomic E-state index is 10.2. The predicted octanol–water partition coefficient (Wildman–Crippen LogP) is 6.16. The summed E-state index contributed by atoms with van der Waals surface area (Å²) < 4.78 is 6.06. The summed E-state index contributed by atoms with van der Waals surface area (Å²) in [6.45, 7) is 6.55. The normalized spacial score (nSPS) is 11.8. The molecule has 0 unspecified atom stereocenters. The summed E-state index contributed by atoms with van der Waals surface area (Å²) in [5.41, 5.74) is 5.44. The second kappa shape index (κ2) is 6.03. The number of nitrogens with zero attached hydrogens (tertiary/aromatic N) is 1.